The summed E-state index contributed by atoms with van der Waals surface area (Å²) in [6.07, 6.45) is 0. The second-order valence-electron chi connectivity index (χ2n) is 7.87. The van der Waals surface area contributed by atoms with E-state index in [4.69, 9.17) is 11.6 Å². The normalized spacial score (nSPS) is 15.8. The van der Waals surface area contributed by atoms with Gasteiger partial charge in [-0.1, -0.05) is 44.5 Å². The Kier molecular flexibility index (Phi) is 10.5. The summed E-state index contributed by atoms with van der Waals surface area (Å²) in [4.78, 5) is 21.0. The van der Waals surface area contributed by atoms with Crippen LogP contribution in [0, 0.1) is 5.41 Å². The maximum absolute atomic E-state index is 11.9. The van der Waals surface area contributed by atoms with Crippen molar-refractivity contribution in [2.45, 2.75) is 27.3 Å². The van der Waals surface area contributed by atoms with Crippen molar-refractivity contribution in [3.8, 4) is 0 Å². The first-order valence-electron chi connectivity index (χ1n) is 9.50. The van der Waals surface area contributed by atoms with E-state index >= 15 is 0 Å². The quantitative estimate of drug-likeness (QED) is 0.271. The summed E-state index contributed by atoms with van der Waals surface area (Å²) < 4.78 is 0. The number of amides is 1. The molecule has 158 valence electrons. The minimum absolute atomic E-state index is 0. The molecule has 0 unspecified atom stereocenters. The Morgan fingerprint density at radius 2 is 1.64 bits per heavy atom. The topological polar surface area (TPSA) is 60.0 Å². The van der Waals surface area contributed by atoms with Crippen LogP contribution in [0.15, 0.2) is 29.3 Å². The lowest BCUT2D eigenvalue weighted by molar-refractivity contribution is -0.128. The summed E-state index contributed by atoms with van der Waals surface area (Å²) >= 11 is 5.95. The fourth-order valence-corrected chi connectivity index (χ4v) is 3.04. The molecule has 2 N–H and O–H groups in total. The number of hydrogen-bond donors (Lipinski definition) is 2. The van der Waals surface area contributed by atoms with Crippen LogP contribution in [0.4, 0.5) is 0 Å². The standard InChI is InChI=1S/C20H32ClN5O.HI/c1-20(2,3)18(27)23-9-10-24-19(22-4)26-13-11-25(12-14-26)15-16-5-7-17(21)8-6-16;/h5-8H,9-15H2,1-4H3,(H,22,24)(H,23,27);1H. The van der Waals surface area contributed by atoms with Gasteiger partial charge in [-0.15, -0.1) is 24.0 Å². The first kappa shape index (κ1) is 25.0. The smallest absolute Gasteiger partial charge is 0.225 e. The number of benzene rings is 1. The van der Waals surface area contributed by atoms with Gasteiger partial charge in [0.25, 0.3) is 0 Å². The van der Waals surface area contributed by atoms with Crippen LogP contribution in [0.5, 0.6) is 0 Å². The molecular weight excluding hydrogens is 489 g/mol. The lowest BCUT2D eigenvalue weighted by Crippen LogP contribution is -2.53. The molecule has 0 saturated carbocycles. The number of aliphatic imine (C=N–C) groups is 1. The van der Waals surface area contributed by atoms with Crippen LogP contribution in [0.1, 0.15) is 26.3 Å². The lowest BCUT2D eigenvalue weighted by Gasteiger charge is -2.36. The zero-order valence-electron chi connectivity index (χ0n) is 17.3. The highest BCUT2D eigenvalue weighted by molar-refractivity contribution is 14.0. The van der Waals surface area contributed by atoms with Crippen LogP contribution < -0.4 is 10.6 Å². The first-order valence-corrected chi connectivity index (χ1v) is 9.88. The SMILES string of the molecule is CN=C(NCCNC(=O)C(C)(C)C)N1CCN(Cc2ccc(Cl)cc2)CC1.I. The number of carbonyl (C=O) groups is 1. The van der Waals surface area contributed by atoms with E-state index in [2.05, 4.69) is 37.6 Å². The van der Waals surface area contributed by atoms with Gasteiger partial charge in [0.1, 0.15) is 0 Å². The van der Waals surface area contributed by atoms with E-state index in [0.29, 0.717) is 13.1 Å². The van der Waals surface area contributed by atoms with Gasteiger partial charge in [-0.3, -0.25) is 14.7 Å². The van der Waals surface area contributed by atoms with Crippen molar-refractivity contribution >= 4 is 47.4 Å². The van der Waals surface area contributed by atoms with Crippen molar-refractivity contribution in [2.75, 3.05) is 46.3 Å². The van der Waals surface area contributed by atoms with E-state index < -0.39 is 0 Å². The summed E-state index contributed by atoms with van der Waals surface area (Å²) in [5.41, 5.74) is 0.923. The number of nitrogens with zero attached hydrogens (tertiary/aromatic N) is 3. The Balaban J connectivity index is 0.00000392. The second-order valence-corrected chi connectivity index (χ2v) is 8.31. The third kappa shape index (κ3) is 8.13. The minimum atomic E-state index is -0.359. The molecular formula is C20H33ClIN5O. The van der Waals surface area contributed by atoms with Crippen molar-refractivity contribution in [3.63, 3.8) is 0 Å². The average molecular weight is 522 g/mol. The van der Waals surface area contributed by atoms with Crippen LogP contribution >= 0.6 is 35.6 Å². The fourth-order valence-electron chi connectivity index (χ4n) is 2.91. The first-order chi connectivity index (χ1) is 12.8. The summed E-state index contributed by atoms with van der Waals surface area (Å²) in [7, 11) is 1.80. The van der Waals surface area contributed by atoms with Gasteiger partial charge in [0.2, 0.25) is 5.91 Å². The molecule has 1 aromatic carbocycles. The number of guanidine groups is 1. The number of piperazine rings is 1. The zero-order valence-corrected chi connectivity index (χ0v) is 20.4. The third-order valence-corrected chi connectivity index (χ3v) is 4.83. The van der Waals surface area contributed by atoms with Gasteiger partial charge in [0.15, 0.2) is 5.96 Å². The van der Waals surface area contributed by atoms with Gasteiger partial charge in [-0.05, 0) is 17.7 Å². The summed E-state index contributed by atoms with van der Waals surface area (Å²) in [6, 6.07) is 8.05. The molecule has 1 aliphatic rings. The maximum atomic E-state index is 11.9. The zero-order chi connectivity index (χ0) is 19.9. The summed E-state index contributed by atoms with van der Waals surface area (Å²) in [6.45, 7) is 11.8. The van der Waals surface area contributed by atoms with Gasteiger partial charge in [0, 0.05) is 63.3 Å². The monoisotopic (exact) mass is 521 g/mol. The summed E-state index contributed by atoms with van der Waals surface area (Å²) in [5.74, 6) is 0.959. The van der Waals surface area contributed by atoms with Gasteiger partial charge in [-0.2, -0.15) is 0 Å². The maximum Gasteiger partial charge on any atom is 0.225 e. The fraction of sp³-hybridized carbons (Fsp3) is 0.600. The van der Waals surface area contributed by atoms with Crippen molar-refractivity contribution in [1.29, 1.82) is 0 Å². The number of halogens is 2. The molecule has 1 aromatic rings. The van der Waals surface area contributed by atoms with Crippen LogP contribution in [-0.2, 0) is 11.3 Å². The highest BCUT2D eigenvalue weighted by Crippen LogP contribution is 2.13. The van der Waals surface area contributed by atoms with E-state index in [9.17, 15) is 4.79 Å². The van der Waals surface area contributed by atoms with Gasteiger partial charge < -0.3 is 15.5 Å². The van der Waals surface area contributed by atoms with Crippen LogP contribution in [0.25, 0.3) is 0 Å². The molecule has 0 bridgehead atoms. The molecule has 1 aliphatic heterocycles. The van der Waals surface area contributed by atoms with E-state index in [0.717, 1.165) is 43.7 Å². The van der Waals surface area contributed by atoms with Crippen molar-refractivity contribution in [2.24, 2.45) is 10.4 Å². The van der Waals surface area contributed by atoms with Gasteiger partial charge >= 0.3 is 0 Å². The Bertz CT molecular complexity index is 637. The van der Waals surface area contributed by atoms with E-state index in [1.807, 2.05) is 32.9 Å². The molecule has 8 heteroatoms. The molecule has 0 radical (unpaired) electrons. The molecule has 6 nitrogen and oxygen atoms in total. The Labute approximate surface area is 191 Å². The van der Waals surface area contributed by atoms with E-state index in [-0.39, 0.29) is 35.3 Å². The highest BCUT2D eigenvalue weighted by atomic mass is 127. The molecule has 1 amide bonds. The molecule has 0 atom stereocenters. The van der Waals surface area contributed by atoms with Crippen LogP contribution in [0.3, 0.4) is 0 Å². The molecule has 0 spiro atoms. The molecule has 0 aromatic heterocycles. The van der Waals surface area contributed by atoms with Gasteiger partial charge in [0.05, 0.1) is 0 Å². The second kappa shape index (κ2) is 11.8. The van der Waals surface area contributed by atoms with E-state index in [1.165, 1.54) is 5.56 Å². The average Bonchev–Trinajstić information content (AvgIpc) is 2.63. The number of hydrogen-bond acceptors (Lipinski definition) is 3. The molecule has 1 heterocycles. The predicted octanol–water partition coefficient (Wildman–Crippen LogP) is 2.81. The predicted molar refractivity (Wildman–Crippen MR) is 128 cm³/mol. The van der Waals surface area contributed by atoms with Crippen LogP contribution in [0.2, 0.25) is 5.02 Å². The summed E-state index contributed by atoms with van der Waals surface area (Å²) in [5, 5.41) is 7.07. The third-order valence-electron chi connectivity index (χ3n) is 4.58. The Morgan fingerprint density at radius 1 is 1.07 bits per heavy atom. The number of carbonyl (C=O) groups excluding carboxylic acids is 1. The minimum Gasteiger partial charge on any atom is -0.354 e. The van der Waals surface area contributed by atoms with E-state index in [1.54, 1.807) is 7.05 Å². The highest BCUT2D eigenvalue weighted by Gasteiger charge is 2.21. The van der Waals surface area contributed by atoms with Crippen molar-refractivity contribution in [1.82, 2.24) is 20.4 Å². The molecule has 28 heavy (non-hydrogen) atoms. The molecule has 1 saturated heterocycles. The van der Waals surface area contributed by atoms with Crippen LogP contribution in [-0.4, -0.2) is 68.0 Å². The molecule has 1 fully saturated rings. The van der Waals surface area contributed by atoms with Crippen molar-refractivity contribution < 1.29 is 4.79 Å². The molecule has 0 aliphatic carbocycles. The number of rotatable bonds is 5. The van der Waals surface area contributed by atoms with Crippen molar-refractivity contribution in [3.05, 3.63) is 34.9 Å². The Morgan fingerprint density at radius 3 is 2.18 bits per heavy atom. The van der Waals surface area contributed by atoms with Gasteiger partial charge in [-0.25, -0.2) is 0 Å². The largest absolute Gasteiger partial charge is 0.354 e. The lowest BCUT2D eigenvalue weighted by atomic mass is 9.96. The Hall–Kier alpha value is -1.06. The number of nitrogens with one attached hydrogen (secondary N) is 2. The molecule has 2 rings (SSSR count).